The van der Waals surface area contributed by atoms with Crippen molar-refractivity contribution in [2.24, 2.45) is 0 Å². The van der Waals surface area contributed by atoms with Gasteiger partial charge >= 0.3 is 0 Å². The molecule has 0 spiro atoms. The summed E-state index contributed by atoms with van der Waals surface area (Å²) in [6.45, 7) is 1.91. The number of methoxy groups -OCH3 is 1. The summed E-state index contributed by atoms with van der Waals surface area (Å²) in [4.78, 5) is 8.03. The fourth-order valence-corrected chi connectivity index (χ4v) is 3.77. The first-order valence-corrected chi connectivity index (χ1v) is 9.40. The fourth-order valence-electron chi connectivity index (χ4n) is 3.77. The van der Waals surface area contributed by atoms with Crippen LogP contribution >= 0.6 is 0 Å². The van der Waals surface area contributed by atoms with Crippen LogP contribution in [0.3, 0.4) is 0 Å². The van der Waals surface area contributed by atoms with Gasteiger partial charge in [-0.15, -0.1) is 0 Å². The van der Waals surface area contributed by atoms with Crippen LogP contribution in [0.25, 0.3) is 33.4 Å². The Morgan fingerprint density at radius 1 is 1.11 bits per heavy atom. The second-order valence-corrected chi connectivity index (χ2v) is 6.82. The average molecular weight is 371 g/mol. The quantitative estimate of drug-likeness (QED) is 0.573. The summed E-state index contributed by atoms with van der Waals surface area (Å²) in [5.41, 5.74) is 6.48. The number of hydrogen-bond donors (Lipinski definition) is 2. The van der Waals surface area contributed by atoms with E-state index < -0.39 is 0 Å². The smallest absolute Gasteiger partial charge is 0.138 e. The van der Waals surface area contributed by atoms with Gasteiger partial charge in [0.15, 0.2) is 0 Å². The molecule has 0 aliphatic carbocycles. The first-order valence-electron chi connectivity index (χ1n) is 9.40. The van der Waals surface area contributed by atoms with Crippen LogP contribution < -0.4 is 10.1 Å². The van der Waals surface area contributed by atoms with Crippen molar-refractivity contribution >= 4 is 16.6 Å². The van der Waals surface area contributed by atoms with Gasteiger partial charge < -0.3 is 15.0 Å². The zero-order valence-electron chi connectivity index (χ0n) is 15.6. The van der Waals surface area contributed by atoms with E-state index >= 15 is 0 Å². The predicted molar refractivity (Wildman–Crippen MR) is 111 cm³/mol. The Morgan fingerprint density at radius 3 is 2.86 bits per heavy atom. The van der Waals surface area contributed by atoms with Crippen LogP contribution in [-0.2, 0) is 0 Å². The molecule has 0 radical (unpaired) electrons. The molecule has 0 bridgehead atoms. The molecule has 5 rings (SSSR count). The van der Waals surface area contributed by atoms with Gasteiger partial charge in [-0.05, 0) is 54.4 Å². The van der Waals surface area contributed by atoms with Gasteiger partial charge in [0.25, 0.3) is 0 Å². The molecule has 2 N–H and O–H groups in total. The zero-order valence-corrected chi connectivity index (χ0v) is 15.6. The van der Waals surface area contributed by atoms with Gasteiger partial charge in [0.1, 0.15) is 11.4 Å². The Labute approximate surface area is 162 Å². The van der Waals surface area contributed by atoms with Crippen molar-refractivity contribution in [1.82, 2.24) is 25.1 Å². The van der Waals surface area contributed by atoms with Crippen molar-refractivity contribution in [1.29, 1.82) is 0 Å². The number of aromatic amines is 1. The third-order valence-corrected chi connectivity index (χ3v) is 5.19. The minimum atomic E-state index is 0.810. The highest BCUT2D eigenvalue weighted by atomic mass is 16.5. The number of benzene rings is 1. The van der Waals surface area contributed by atoms with Crippen molar-refractivity contribution < 1.29 is 4.74 Å². The van der Waals surface area contributed by atoms with Gasteiger partial charge in [-0.2, -0.15) is 5.10 Å². The first-order chi connectivity index (χ1) is 13.8. The summed E-state index contributed by atoms with van der Waals surface area (Å²) in [5.74, 6) is 0.810. The van der Waals surface area contributed by atoms with E-state index in [1.807, 2.05) is 35.3 Å². The van der Waals surface area contributed by atoms with Crippen LogP contribution in [0.5, 0.6) is 5.75 Å². The van der Waals surface area contributed by atoms with Gasteiger partial charge in [-0.1, -0.05) is 6.08 Å². The molecule has 6 nitrogen and oxygen atoms in total. The first kappa shape index (κ1) is 16.8. The van der Waals surface area contributed by atoms with Gasteiger partial charge in [0.05, 0.1) is 12.8 Å². The Hall–Kier alpha value is -3.38. The second-order valence-electron chi connectivity index (χ2n) is 6.82. The number of H-pyrrole nitrogens is 1. The van der Waals surface area contributed by atoms with Crippen LogP contribution in [-0.4, -0.2) is 39.9 Å². The number of nitrogens with one attached hydrogen (secondary N) is 2. The van der Waals surface area contributed by atoms with E-state index in [2.05, 4.69) is 44.7 Å². The van der Waals surface area contributed by atoms with Crippen molar-refractivity contribution in [3.05, 3.63) is 66.8 Å². The maximum absolute atomic E-state index is 5.72. The Balaban J connectivity index is 1.62. The number of rotatable bonds is 4. The molecular weight excluding hydrogens is 350 g/mol. The molecule has 0 saturated carbocycles. The third kappa shape index (κ3) is 2.88. The predicted octanol–water partition coefficient (Wildman–Crippen LogP) is 3.80. The monoisotopic (exact) mass is 371 g/mol. The number of aromatic nitrogens is 4. The van der Waals surface area contributed by atoms with Crippen LogP contribution in [0, 0.1) is 0 Å². The lowest BCUT2D eigenvalue weighted by atomic mass is 10.0. The van der Waals surface area contributed by atoms with E-state index in [4.69, 9.17) is 4.74 Å². The molecule has 0 atom stereocenters. The molecular formula is C22H21N5O. The van der Waals surface area contributed by atoms with Crippen molar-refractivity contribution in [3.8, 4) is 22.6 Å². The summed E-state index contributed by atoms with van der Waals surface area (Å²) in [7, 11) is 1.70. The molecule has 1 aromatic carbocycles. The van der Waals surface area contributed by atoms with E-state index in [0.717, 1.165) is 58.8 Å². The van der Waals surface area contributed by atoms with Crippen LogP contribution in [0.1, 0.15) is 12.1 Å². The highest BCUT2D eigenvalue weighted by Crippen LogP contribution is 2.37. The van der Waals surface area contributed by atoms with E-state index in [9.17, 15) is 0 Å². The number of hydrogen-bond acceptors (Lipinski definition) is 4. The Kier molecular flexibility index (Phi) is 4.18. The normalized spacial score (nSPS) is 14.2. The number of fused-ring (bicyclic) bond motifs is 1. The van der Waals surface area contributed by atoms with Crippen LogP contribution in [0.2, 0.25) is 0 Å². The summed E-state index contributed by atoms with van der Waals surface area (Å²) < 4.78 is 7.54. The topological polar surface area (TPSA) is 67.8 Å². The molecule has 28 heavy (non-hydrogen) atoms. The maximum Gasteiger partial charge on any atom is 0.138 e. The molecule has 0 amide bonds. The minimum Gasteiger partial charge on any atom is -0.496 e. The molecule has 6 heteroatoms. The fraction of sp³-hybridized carbons (Fsp3) is 0.182. The number of nitrogens with zero attached hydrogens (tertiary/aromatic N) is 3. The highest BCUT2D eigenvalue weighted by Gasteiger charge is 2.15. The van der Waals surface area contributed by atoms with Gasteiger partial charge in [-0.25, -0.2) is 9.67 Å². The molecule has 0 unspecified atom stereocenters. The van der Waals surface area contributed by atoms with Crippen LogP contribution in [0.4, 0.5) is 0 Å². The standard InChI is InChI=1S/C22H21N5O/c1-28-21-13-16(27-12-2-8-25-27)3-4-18(21)17-7-11-24-22-19(17)14-20(26-22)15-5-9-23-10-6-15/h2-5,7-8,11-14,23H,6,9-10H2,1H3,(H,24,26). The average Bonchev–Trinajstić information content (AvgIpc) is 3.44. The second kappa shape index (κ2) is 6.98. The summed E-state index contributed by atoms with van der Waals surface area (Å²) in [5, 5.41) is 8.76. The molecule has 4 heterocycles. The lowest BCUT2D eigenvalue weighted by Crippen LogP contribution is -2.20. The summed E-state index contributed by atoms with van der Waals surface area (Å²) >= 11 is 0. The van der Waals surface area contributed by atoms with E-state index in [1.165, 1.54) is 5.57 Å². The van der Waals surface area contributed by atoms with Crippen molar-refractivity contribution in [3.63, 3.8) is 0 Å². The number of pyridine rings is 1. The Morgan fingerprint density at radius 2 is 2.07 bits per heavy atom. The van der Waals surface area contributed by atoms with Gasteiger partial charge in [0.2, 0.25) is 0 Å². The molecule has 140 valence electrons. The molecule has 3 aromatic heterocycles. The Bertz CT molecular complexity index is 1160. The molecule has 4 aromatic rings. The van der Waals surface area contributed by atoms with Crippen LogP contribution in [0.15, 0.2) is 61.1 Å². The zero-order chi connectivity index (χ0) is 18.9. The number of ether oxygens (including phenoxy) is 1. The molecule has 0 saturated heterocycles. The van der Waals surface area contributed by atoms with E-state index in [0.29, 0.717) is 0 Å². The third-order valence-electron chi connectivity index (χ3n) is 5.19. The summed E-state index contributed by atoms with van der Waals surface area (Å²) in [6.07, 6.45) is 8.79. The summed E-state index contributed by atoms with van der Waals surface area (Å²) in [6, 6.07) is 12.3. The van der Waals surface area contributed by atoms with Crippen molar-refractivity contribution in [2.75, 3.05) is 20.2 Å². The molecule has 1 aliphatic heterocycles. The van der Waals surface area contributed by atoms with Gasteiger partial charge in [0, 0.05) is 47.8 Å². The lowest BCUT2D eigenvalue weighted by Gasteiger charge is -2.12. The van der Waals surface area contributed by atoms with Gasteiger partial charge in [-0.3, -0.25) is 0 Å². The van der Waals surface area contributed by atoms with E-state index in [1.54, 1.807) is 13.3 Å². The van der Waals surface area contributed by atoms with Crippen molar-refractivity contribution in [2.45, 2.75) is 6.42 Å². The largest absolute Gasteiger partial charge is 0.496 e. The molecule has 1 aliphatic rings. The molecule has 0 fully saturated rings. The minimum absolute atomic E-state index is 0.810. The lowest BCUT2D eigenvalue weighted by molar-refractivity contribution is 0.416. The van der Waals surface area contributed by atoms with E-state index in [-0.39, 0.29) is 0 Å². The SMILES string of the molecule is COc1cc(-n2cccn2)ccc1-c1ccnc2[nH]c(C3=CCNCC3)cc12. The highest BCUT2D eigenvalue weighted by molar-refractivity contribution is 5.97. The maximum atomic E-state index is 5.72.